The highest BCUT2D eigenvalue weighted by Gasteiger charge is 2.04. The number of hydrogen-bond donors (Lipinski definition) is 0. The first-order valence-electron chi connectivity index (χ1n) is 7.87. The van der Waals surface area contributed by atoms with E-state index in [0.717, 1.165) is 17.0 Å². The van der Waals surface area contributed by atoms with Crippen LogP contribution in [-0.2, 0) is 0 Å². The smallest absolute Gasteiger partial charge is 0.199 e. The number of para-hydroxylation sites is 1. The Morgan fingerprint density at radius 3 is 2.48 bits per heavy atom. The molecule has 0 atom stereocenters. The number of aromatic nitrogens is 2. The van der Waals surface area contributed by atoms with Crippen LogP contribution in [0.4, 0.5) is 0 Å². The van der Waals surface area contributed by atoms with E-state index in [0.29, 0.717) is 16.5 Å². The zero-order valence-corrected chi connectivity index (χ0v) is 13.3. The van der Waals surface area contributed by atoms with Gasteiger partial charge in [-0.15, -0.1) is 0 Å². The Kier molecular flexibility index (Phi) is 3.92. The lowest BCUT2D eigenvalue weighted by molar-refractivity contribution is 0.601. The monoisotopic (exact) mass is 326 g/mol. The van der Waals surface area contributed by atoms with Crippen LogP contribution in [0.5, 0.6) is 0 Å². The van der Waals surface area contributed by atoms with Gasteiger partial charge >= 0.3 is 0 Å². The highest BCUT2D eigenvalue weighted by molar-refractivity contribution is 5.80. The normalized spacial score (nSPS) is 11.2. The molecule has 0 unspecified atom stereocenters. The van der Waals surface area contributed by atoms with Crippen LogP contribution >= 0.6 is 0 Å². The van der Waals surface area contributed by atoms with Gasteiger partial charge in [-0.05, 0) is 42.0 Å². The summed E-state index contributed by atoms with van der Waals surface area (Å²) in [5.41, 5.74) is 3.58. The van der Waals surface area contributed by atoms with Gasteiger partial charge in [0.05, 0.1) is 22.3 Å². The second-order valence-electron chi connectivity index (χ2n) is 5.54. The van der Waals surface area contributed by atoms with Crippen LogP contribution in [0.1, 0.15) is 11.1 Å². The zero-order valence-electron chi connectivity index (χ0n) is 13.3. The highest BCUT2D eigenvalue weighted by atomic mass is 16.3. The molecule has 4 rings (SSSR count). The van der Waals surface area contributed by atoms with Crippen molar-refractivity contribution in [2.45, 2.75) is 0 Å². The molecule has 25 heavy (non-hydrogen) atoms. The van der Waals surface area contributed by atoms with Crippen molar-refractivity contribution in [2.24, 2.45) is 0 Å². The minimum Gasteiger partial charge on any atom is -0.463 e. The minimum absolute atomic E-state index is 0.0452. The predicted octanol–water partition coefficient (Wildman–Crippen LogP) is 4.42. The molecule has 0 aliphatic heterocycles. The maximum atomic E-state index is 12.5. The van der Waals surface area contributed by atoms with Crippen molar-refractivity contribution in [3.8, 4) is 11.4 Å². The molecule has 4 aromatic rings. The van der Waals surface area contributed by atoms with Gasteiger partial charge in [0.2, 0.25) is 0 Å². The number of nitrogens with zero attached hydrogens (tertiary/aromatic N) is 2. The lowest BCUT2D eigenvalue weighted by atomic mass is 10.1. The number of rotatable bonds is 3. The fourth-order valence-electron chi connectivity index (χ4n) is 2.56. The summed E-state index contributed by atoms with van der Waals surface area (Å²) in [6.07, 6.45) is 8.57. The van der Waals surface area contributed by atoms with E-state index in [9.17, 15) is 4.79 Å². The third kappa shape index (κ3) is 3.10. The predicted molar refractivity (Wildman–Crippen MR) is 98.9 cm³/mol. The molecular formula is C21H14N2O2. The van der Waals surface area contributed by atoms with Crippen molar-refractivity contribution >= 4 is 23.1 Å². The summed E-state index contributed by atoms with van der Waals surface area (Å²) in [4.78, 5) is 21.2. The molecule has 4 heteroatoms. The quantitative estimate of drug-likeness (QED) is 0.559. The summed E-state index contributed by atoms with van der Waals surface area (Å²) in [6.45, 7) is 0. The number of benzene rings is 1. The van der Waals surface area contributed by atoms with Crippen LogP contribution < -0.4 is 5.43 Å². The lowest BCUT2D eigenvalue weighted by Gasteiger charge is -2.00. The van der Waals surface area contributed by atoms with Crippen LogP contribution in [-0.4, -0.2) is 9.97 Å². The first kappa shape index (κ1) is 15.0. The van der Waals surface area contributed by atoms with Gasteiger partial charge < -0.3 is 4.42 Å². The van der Waals surface area contributed by atoms with Gasteiger partial charge in [0.1, 0.15) is 11.8 Å². The van der Waals surface area contributed by atoms with Crippen molar-refractivity contribution in [1.29, 1.82) is 0 Å². The Hall–Kier alpha value is -3.53. The molecule has 120 valence electrons. The van der Waals surface area contributed by atoms with E-state index >= 15 is 0 Å². The number of pyridine rings is 2. The van der Waals surface area contributed by atoms with Crippen LogP contribution in [0, 0.1) is 0 Å². The third-order valence-corrected chi connectivity index (χ3v) is 3.88. The molecule has 4 nitrogen and oxygen atoms in total. The van der Waals surface area contributed by atoms with Crippen molar-refractivity contribution < 1.29 is 4.42 Å². The molecule has 0 bridgehead atoms. The maximum Gasteiger partial charge on any atom is 0.199 e. The molecule has 3 aromatic heterocycles. The van der Waals surface area contributed by atoms with Crippen LogP contribution in [0.3, 0.4) is 0 Å². The summed E-state index contributed by atoms with van der Waals surface area (Å²) in [6, 6.07) is 16.8. The standard InChI is InChI=1S/C21H14N2O2/c24-21-16(14-25-20-7-2-1-5-17(20)21)10-8-15-9-11-19(23-13-15)18-6-3-4-12-22-18/h1-14H/b10-8-. The van der Waals surface area contributed by atoms with E-state index in [2.05, 4.69) is 9.97 Å². The first-order chi connectivity index (χ1) is 12.3. The number of fused-ring (bicyclic) bond motifs is 1. The van der Waals surface area contributed by atoms with Crippen LogP contribution in [0.2, 0.25) is 0 Å². The summed E-state index contributed by atoms with van der Waals surface area (Å²) in [5.74, 6) is 0. The van der Waals surface area contributed by atoms with Gasteiger partial charge in [0, 0.05) is 12.4 Å². The molecule has 0 aliphatic carbocycles. The SMILES string of the molecule is O=c1c(/C=C\c2ccc(-c3ccccn3)nc2)coc2ccccc12. The Balaban J connectivity index is 1.62. The molecule has 0 amide bonds. The summed E-state index contributed by atoms with van der Waals surface area (Å²) in [7, 11) is 0. The van der Waals surface area contributed by atoms with E-state index in [1.807, 2.05) is 48.5 Å². The van der Waals surface area contributed by atoms with E-state index in [1.54, 1.807) is 30.6 Å². The fraction of sp³-hybridized carbons (Fsp3) is 0. The second-order valence-corrected chi connectivity index (χ2v) is 5.54. The third-order valence-electron chi connectivity index (χ3n) is 3.88. The summed E-state index contributed by atoms with van der Waals surface area (Å²) in [5, 5.41) is 0.577. The molecule has 0 N–H and O–H groups in total. The Bertz CT molecular complexity index is 1100. The molecule has 0 aliphatic rings. The van der Waals surface area contributed by atoms with Crippen molar-refractivity contribution in [1.82, 2.24) is 9.97 Å². The second kappa shape index (κ2) is 6.53. The molecular weight excluding hydrogens is 312 g/mol. The van der Waals surface area contributed by atoms with E-state index < -0.39 is 0 Å². The van der Waals surface area contributed by atoms with Gasteiger partial charge in [-0.2, -0.15) is 0 Å². The Morgan fingerprint density at radius 2 is 1.68 bits per heavy atom. The van der Waals surface area contributed by atoms with Gasteiger partial charge in [-0.3, -0.25) is 14.8 Å². The molecule has 3 heterocycles. The topological polar surface area (TPSA) is 56.0 Å². The van der Waals surface area contributed by atoms with E-state index in [1.165, 1.54) is 6.26 Å². The fourth-order valence-corrected chi connectivity index (χ4v) is 2.56. The van der Waals surface area contributed by atoms with Crippen molar-refractivity contribution in [3.05, 3.63) is 94.6 Å². The molecule has 0 saturated heterocycles. The van der Waals surface area contributed by atoms with Gasteiger partial charge in [-0.25, -0.2) is 0 Å². The van der Waals surface area contributed by atoms with Gasteiger partial charge in [0.25, 0.3) is 0 Å². The largest absolute Gasteiger partial charge is 0.463 e. The zero-order chi connectivity index (χ0) is 17.1. The molecule has 0 fully saturated rings. The molecule has 0 saturated carbocycles. The average Bonchev–Trinajstić information content (AvgIpc) is 2.69. The summed E-state index contributed by atoms with van der Waals surface area (Å²) < 4.78 is 5.51. The maximum absolute atomic E-state index is 12.5. The Morgan fingerprint density at radius 1 is 0.840 bits per heavy atom. The van der Waals surface area contributed by atoms with E-state index in [-0.39, 0.29) is 5.43 Å². The van der Waals surface area contributed by atoms with E-state index in [4.69, 9.17) is 4.42 Å². The number of hydrogen-bond acceptors (Lipinski definition) is 4. The molecule has 0 radical (unpaired) electrons. The van der Waals surface area contributed by atoms with Crippen LogP contribution in [0.25, 0.3) is 34.5 Å². The summed E-state index contributed by atoms with van der Waals surface area (Å²) >= 11 is 0. The minimum atomic E-state index is -0.0452. The van der Waals surface area contributed by atoms with Gasteiger partial charge in [-0.1, -0.05) is 30.3 Å². The lowest BCUT2D eigenvalue weighted by Crippen LogP contribution is -2.04. The van der Waals surface area contributed by atoms with Crippen LogP contribution in [0.15, 0.2) is 82.5 Å². The Labute approximate surface area is 144 Å². The highest BCUT2D eigenvalue weighted by Crippen LogP contribution is 2.15. The average molecular weight is 326 g/mol. The first-order valence-corrected chi connectivity index (χ1v) is 7.87. The molecule has 1 aromatic carbocycles. The van der Waals surface area contributed by atoms with Gasteiger partial charge in [0.15, 0.2) is 5.43 Å². The van der Waals surface area contributed by atoms with Crippen molar-refractivity contribution in [3.63, 3.8) is 0 Å². The molecule has 0 spiro atoms. The van der Waals surface area contributed by atoms with Crippen molar-refractivity contribution in [2.75, 3.05) is 0 Å².